The number of carbonyl (C=O) groups excluding carboxylic acids is 3. The van der Waals surface area contributed by atoms with Crippen LogP contribution in [0.1, 0.15) is 53.3 Å². The minimum absolute atomic E-state index is 0.0209. The molecule has 0 radical (unpaired) electrons. The second-order valence-electron chi connectivity index (χ2n) is 6.33. The maximum atomic E-state index is 12.3. The number of hydrogen-bond acceptors (Lipinski definition) is 3. The quantitative estimate of drug-likeness (QED) is 0.633. The lowest BCUT2D eigenvalue weighted by Crippen LogP contribution is -2.40. The number of carbonyl (C=O) groups is 3. The zero-order valence-corrected chi connectivity index (χ0v) is 15.6. The number of rotatable bonds is 10. The summed E-state index contributed by atoms with van der Waals surface area (Å²) in [6.07, 6.45) is 2.42. The van der Waals surface area contributed by atoms with Gasteiger partial charge in [0.05, 0.1) is 6.04 Å². The molecule has 1 atom stereocenters. The summed E-state index contributed by atoms with van der Waals surface area (Å²) >= 11 is 0. The molecule has 142 valence electrons. The largest absolute Gasteiger partial charge is 0.352 e. The SMILES string of the molecule is CCC(=O)C(CCCCNC(=O)c1ccccc1)NC(=O)c1ccccc1. The summed E-state index contributed by atoms with van der Waals surface area (Å²) in [5.41, 5.74) is 1.17. The van der Waals surface area contributed by atoms with E-state index in [1.165, 1.54) is 0 Å². The molecule has 0 aliphatic rings. The highest BCUT2D eigenvalue weighted by Crippen LogP contribution is 2.07. The molecule has 0 aromatic heterocycles. The molecule has 2 rings (SSSR count). The Kier molecular flexibility index (Phi) is 8.23. The van der Waals surface area contributed by atoms with Gasteiger partial charge in [0.2, 0.25) is 0 Å². The monoisotopic (exact) mass is 366 g/mol. The number of benzene rings is 2. The van der Waals surface area contributed by atoms with Crippen molar-refractivity contribution in [3.63, 3.8) is 0 Å². The van der Waals surface area contributed by atoms with Gasteiger partial charge in [0.1, 0.15) is 0 Å². The summed E-state index contributed by atoms with van der Waals surface area (Å²) in [6, 6.07) is 17.4. The third-order valence-corrected chi connectivity index (χ3v) is 4.32. The minimum atomic E-state index is -0.493. The van der Waals surface area contributed by atoms with Crippen molar-refractivity contribution < 1.29 is 14.4 Å². The minimum Gasteiger partial charge on any atom is -0.352 e. The number of Topliss-reactive ketones (excluding diaryl/α,β-unsaturated/α-hetero) is 1. The Balaban J connectivity index is 1.77. The molecule has 0 spiro atoms. The van der Waals surface area contributed by atoms with E-state index >= 15 is 0 Å². The lowest BCUT2D eigenvalue weighted by molar-refractivity contribution is -0.120. The third-order valence-electron chi connectivity index (χ3n) is 4.32. The van der Waals surface area contributed by atoms with Crippen LogP contribution in [0.15, 0.2) is 60.7 Å². The number of amides is 2. The molecule has 0 saturated heterocycles. The first-order chi connectivity index (χ1) is 13.1. The molecule has 5 heteroatoms. The van der Waals surface area contributed by atoms with Gasteiger partial charge in [0.25, 0.3) is 11.8 Å². The lowest BCUT2D eigenvalue weighted by Gasteiger charge is -2.17. The van der Waals surface area contributed by atoms with Crippen molar-refractivity contribution in [1.29, 1.82) is 0 Å². The Bertz CT molecular complexity index is 745. The lowest BCUT2D eigenvalue weighted by atomic mass is 10.0. The molecule has 0 fully saturated rings. The summed E-state index contributed by atoms with van der Waals surface area (Å²) < 4.78 is 0. The molecule has 0 aliphatic carbocycles. The molecule has 2 N–H and O–H groups in total. The van der Waals surface area contributed by atoms with Crippen molar-refractivity contribution in [3.8, 4) is 0 Å². The number of ketones is 1. The molecule has 2 aromatic rings. The number of nitrogens with one attached hydrogen (secondary N) is 2. The van der Waals surface area contributed by atoms with E-state index in [0.717, 1.165) is 12.8 Å². The van der Waals surface area contributed by atoms with E-state index in [1.54, 1.807) is 43.3 Å². The van der Waals surface area contributed by atoms with Crippen molar-refractivity contribution >= 4 is 17.6 Å². The van der Waals surface area contributed by atoms with Crippen LogP contribution >= 0.6 is 0 Å². The van der Waals surface area contributed by atoms with Crippen molar-refractivity contribution in [3.05, 3.63) is 71.8 Å². The Morgan fingerprint density at radius 3 is 1.93 bits per heavy atom. The van der Waals surface area contributed by atoms with Crippen LogP contribution in [-0.2, 0) is 4.79 Å². The van der Waals surface area contributed by atoms with E-state index in [2.05, 4.69) is 10.6 Å². The zero-order valence-electron chi connectivity index (χ0n) is 15.6. The zero-order chi connectivity index (χ0) is 19.5. The van der Waals surface area contributed by atoms with Crippen molar-refractivity contribution in [2.24, 2.45) is 0 Å². The Morgan fingerprint density at radius 2 is 1.37 bits per heavy atom. The van der Waals surface area contributed by atoms with Crippen LogP contribution in [0, 0.1) is 0 Å². The first kappa shape index (κ1) is 20.4. The fourth-order valence-corrected chi connectivity index (χ4v) is 2.76. The highest BCUT2D eigenvalue weighted by Gasteiger charge is 2.19. The Hall–Kier alpha value is -2.95. The van der Waals surface area contributed by atoms with Gasteiger partial charge in [-0.25, -0.2) is 0 Å². The standard InChI is InChI=1S/C22H26N2O3/c1-2-20(25)19(24-22(27)18-13-7-4-8-14-18)15-9-10-16-23-21(26)17-11-5-3-6-12-17/h3-8,11-14,19H,2,9-10,15-16H2,1H3,(H,23,26)(H,24,27). The first-order valence-electron chi connectivity index (χ1n) is 9.33. The molecule has 0 saturated carbocycles. The second kappa shape index (κ2) is 10.9. The van der Waals surface area contributed by atoms with E-state index in [-0.39, 0.29) is 17.6 Å². The highest BCUT2D eigenvalue weighted by atomic mass is 16.2. The predicted octanol–water partition coefficient (Wildman–Crippen LogP) is 3.36. The second-order valence-corrected chi connectivity index (χ2v) is 6.33. The molecule has 5 nitrogen and oxygen atoms in total. The van der Waals surface area contributed by atoms with Gasteiger partial charge in [-0.05, 0) is 43.5 Å². The summed E-state index contributed by atoms with van der Waals surface area (Å²) in [7, 11) is 0. The smallest absolute Gasteiger partial charge is 0.251 e. The maximum absolute atomic E-state index is 12.3. The van der Waals surface area contributed by atoms with E-state index in [9.17, 15) is 14.4 Å². The van der Waals surface area contributed by atoms with E-state index in [1.807, 2.05) is 24.3 Å². The Labute approximate surface area is 160 Å². The van der Waals surface area contributed by atoms with Crippen LogP contribution in [0.4, 0.5) is 0 Å². The number of unbranched alkanes of at least 4 members (excludes halogenated alkanes) is 1. The summed E-state index contributed by atoms with van der Waals surface area (Å²) in [4.78, 5) is 36.4. The fraction of sp³-hybridized carbons (Fsp3) is 0.318. The van der Waals surface area contributed by atoms with Crippen LogP contribution in [-0.4, -0.2) is 30.2 Å². The molecule has 2 amide bonds. The van der Waals surface area contributed by atoms with Gasteiger partial charge >= 0.3 is 0 Å². The summed E-state index contributed by atoms with van der Waals surface area (Å²) in [5, 5.41) is 5.71. The average Bonchev–Trinajstić information content (AvgIpc) is 2.73. The first-order valence-corrected chi connectivity index (χ1v) is 9.33. The van der Waals surface area contributed by atoms with E-state index in [4.69, 9.17) is 0 Å². The molecule has 0 bridgehead atoms. The summed E-state index contributed by atoms with van der Waals surface area (Å²) in [6.45, 7) is 2.33. The van der Waals surface area contributed by atoms with Crippen LogP contribution in [0.25, 0.3) is 0 Å². The molecule has 2 aromatic carbocycles. The molecule has 0 aliphatic heterocycles. The van der Waals surface area contributed by atoms with Crippen LogP contribution in [0.3, 0.4) is 0 Å². The predicted molar refractivity (Wildman–Crippen MR) is 106 cm³/mol. The fourth-order valence-electron chi connectivity index (χ4n) is 2.76. The molecular weight excluding hydrogens is 340 g/mol. The van der Waals surface area contributed by atoms with E-state index < -0.39 is 6.04 Å². The molecular formula is C22H26N2O3. The van der Waals surface area contributed by atoms with E-state index in [0.29, 0.717) is 30.5 Å². The highest BCUT2D eigenvalue weighted by molar-refractivity contribution is 5.97. The van der Waals surface area contributed by atoms with Gasteiger partial charge in [-0.1, -0.05) is 43.3 Å². The van der Waals surface area contributed by atoms with Crippen molar-refractivity contribution in [2.45, 2.75) is 38.6 Å². The van der Waals surface area contributed by atoms with Crippen LogP contribution in [0.5, 0.6) is 0 Å². The Morgan fingerprint density at radius 1 is 0.815 bits per heavy atom. The molecule has 1 unspecified atom stereocenters. The molecule has 0 heterocycles. The normalized spacial score (nSPS) is 11.4. The average molecular weight is 366 g/mol. The number of hydrogen-bond donors (Lipinski definition) is 2. The van der Waals surface area contributed by atoms with Crippen LogP contribution < -0.4 is 10.6 Å². The van der Waals surface area contributed by atoms with Crippen LogP contribution in [0.2, 0.25) is 0 Å². The van der Waals surface area contributed by atoms with Gasteiger partial charge in [0, 0.05) is 24.1 Å². The summed E-state index contributed by atoms with van der Waals surface area (Å²) in [5.74, 6) is -0.318. The van der Waals surface area contributed by atoms with Gasteiger partial charge in [-0.3, -0.25) is 14.4 Å². The topological polar surface area (TPSA) is 75.3 Å². The van der Waals surface area contributed by atoms with Crippen molar-refractivity contribution in [1.82, 2.24) is 10.6 Å². The third kappa shape index (κ3) is 6.70. The maximum Gasteiger partial charge on any atom is 0.251 e. The van der Waals surface area contributed by atoms with Gasteiger partial charge in [0.15, 0.2) is 5.78 Å². The van der Waals surface area contributed by atoms with Gasteiger partial charge < -0.3 is 10.6 Å². The van der Waals surface area contributed by atoms with Gasteiger partial charge in [-0.2, -0.15) is 0 Å². The molecule has 27 heavy (non-hydrogen) atoms. The van der Waals surface area contributed by atoms with Crippen molar-refractivity contribution in [2.75, 3.05) is 6.54 Å². The van der Waals surface area contributed by atoms with Gasteiger partial charge in [-0.15, -0.1) is 0 Å².